The summed E-state index contributed by atoms with van der Waals surface area (Å²) in [5.41, 5.74) is 0.822. The first kappa shape index (κ1) is 17.9. The molecular formula is C16H24N2O4S. The molecule has 2 unspecified atom stereocenters. The number of carboxylic acid groups (broad SMARTS) is 1. The molecular weight excluding hydrogens is 316 g/mol. The highest BCUT2D eigenvalue weighted by atomic mass is 32.1. The summed E-state index contributed by atoms with van der Waals surface area (Å²) in [5.74, 6) is -0.604. The van der Waals surface area contributed by atoms with Crippen molar-refractivity contribution in [3.8, 4) is 0 Å². The molecule has 23 heavy (non-hydrogen) atoms. The van der Waals surface area contributed by atoms with Gasteiger partial charge in [0.2, 0.25) is 0 Å². The third-order valence-corrected chi connectivity index (χ3v) is 4.98. The second-order valence-electron chi connectivity index (χ2n) is 6.41. The Hall–Kier alpha value is -1.47. The van der Waals surface area contributed by atoms with E-state index in [-0.39, 0.29) is 24.5 Å². The van der Waals surface area contributed by atoms with Crippen LogP contribution in [0.5, 0.6) is 0 Å². The van der Waals surface area contributed by atoms with Gasteiger partial charge in [0.1, 0.15) is 4.88 Å². The number of nitrogens with zero attached hydrogens (tertiary/aromatic N) is 2. The van der Waals surface area contributed by atoms with E-state index in [1.807, 2.05) is 6.92 Å². The van der Waals surface area contributed by atoms with Gasteiger partial charge in [-0.15, -0.1) is 11.3 Å². The Morgan fingerprint density at radius 3 is 2.74 bits per heavy atom. The van der Waals surface area contributed by atoms with E-state index in [2.05, 4.69) is 18.8 Å². The standard InChI is InChI=1S/C16H24N2O4S/c1-9(2)5-13-15(23-10(3)17-13)16(21)18-8-12(22-4)6-11(18)7-14(19)20/h9,11-12H,5-8H2,1-4H3,(H,19,20). The highest BCUT2D eigenvalue weighted by Crippen LogP contribution is 2.29. The van der Waals surface area contributed by atoms with E-state index in [0.717, 1.165) is 17.1 Å². The number of hydrogen-bond donors (Lipinski definition) is 1. The number of carboxylic acids is 1. The number of hydrogen-bond acceptors (Lipinski definition) is 5. The number of methoxy groups -OCH3 is 1. The molecule has 0 bridgehead atoms. The molecule has 2 heterocycles. The van der Waals surface area contributed by atoms with Gasteiger partial charge < -0.3 is 14.7 Å². The Morgan fingerprint density at radius 1 is 1.48 bits per heavy atom. The molecule has 0 radical (unpaired) electrons. The van der Waals surface area contributed by atoms with E-state index in [1.54, 1.807) is 12.0 Å². The molecule has 0 spiro atoms. The number of aromatic nitrogens is 1. The molecule has 1 fully saturated rings. The van der Waals surface area contributed by atoms with Gasteiger partial charge in [0, 0.05) is 19.7 Å². The third kappa shape index (κ3) is 4.29. The summed E-state index contributed by atoms with van der Waals surface area (Å²) in [6.07, 6.45) is 1.15. The monoisotopic (exact) mass is 340 g/mol. The van der Waals surface area contributed by atoms with Crippen LogP contribution in [0.2, 0.25) is 0 Å². The van der Waals surface area contributed by atoms with Gasteiger partial charge in [-0.1, -0.05) is 13.8 Å². The maximum atomic E-state index is 13.0. The fourth-order valence-corrected chi connectivity index (χ4v) is 3.88. The van der Waals surface area contributed by atoms with Crippen molar-refractivity contribution in [3.05, 3.63) is 15.6 Å². The number of thiazole rings is 1. The van der Waals surface area contributed by atoms with Crippen LogP contribution >= 0.6 is 11.3 Å². The van der Waals surface area contributed by atoms with Crippen molar-refractivity contribution in [3.63, 3.8) is 0 Å². The lowest BCUT2D eigenvalue weighted by Gasteiger charge is -2.23. The minimum Gasteiger partial charge on any atom is -0.481 e. The second-order valence-corrected chi connectivity index (χ2v) is 7.61. The van der Waals surface area contributed by atoms with Gasteiger partial charge in [-0.25, -0.2) is 4.98 Å². The lowest BCUT2D eigenvalue weighted by molar-refractivity contribution is -0.137. The summed E-state index contributed by atoms with van der Waals surface area (Å²) >= 11 is 1.39. The molecule has 1 N–H and O–H groups in total. The van der Waals surface area contributed by atoms with Crippen LogP contribution < -0.4 is 0 Å². The third-order valence-electron chi connectivity index (χ3n) is 3.98. The van der Waals surface area contributed by atoms with Crippen LogP contribution in [0, 0.1) is 12.8 Å². The smallest absolute Gasteiger partial charge is 0.305 e. The van der Waals surface area contributed by atoms with E-state index in [0.29, 0.717) is 23.8 Å². The molecule has 128 valence electrons. The van der Waals surface area contributed by atoms with Crippen molar-refractivity contribution >= 4 is 23.2 Å². The Labute approximate surface area is 140 Å². The maximum absolute atomic E-state index is 13.0. The van der Waals surface area contributed by atoms with Gasteiger partial charge in [0.15, 0.2) is 0 Å². The molecule has 1 aromatic rings. The first-order chi connectivity index (χ1) is 10.8. The lowest BCUT2D eigenvalue weighted by Crippen LogP contribution is -2.37. The quantitative estimate of drug-likeness (QED) is 0.860. The summed E-state index contributed by atoms with van der Waals surface area (Å²) in [7, 11) is 1.59. The Bertz CT molecular complexity index is 585. The van der Waals surface area contributed by atoms with Gasteiger partial charge in [-0.2, -0.15) is 0 Å². The zero-order valence-electron chi connectivity index (χ0n) is 14.0. The van der Waals surface area contributed by atoms with Crippen molar-refractivity contribution in [2.75, 3.05) is 13.7 Å². The van der Waals surface area contributed by atoms with Crippen molar-refractivity contribution < 1.29 is 19.4 Å². The number of aryl methyl sites for hydroxylation is 1. The second kappa shape index (κ2) is 7.40. The highest BCUT2D eigenvalue weighted by Gasteiger charge is 2.38. The molecule has 1 aliphatic rings. The normalized spacial score (nSPS) is 21.2. The zero-order chi connectivity index (χ0) is 17.1. The number of rotatable bonds is 6. The predicted octanol–water partition coefficient (Wildman–Crippen LogP) is 2.35. The number of amides is 1. The molecule has 7 heteroatoms. The van der Waals surface area contributed by atoms with E-state index < -0.39 is 5.97 Å². The molecule has 2 rings (SSSR count). The van der Waals surface area contributed by atoms with E-state index in [1.165, 1.54) is 11.3 Å². The number of carbonyl (C=O) groups excluding carboxylic acids is 1. The largest absolute Gasteiger partial charge is 0.481 e. The van der Waals surface area contributed by atoms with Gasteiger partial charge in [-0.05, 0) is 25.7 Å². The lowest BCUT2D eigenvalue weighted by atomic mass is 10.1. The minimum absolute atomic E-state index is 0.0527. The topological polar surface area (TPSA) is 79.7 Å². The molecule has 1 saturated heterocycles. The van der Waals surface area contributed by atoms with Crippen molar-refractivity contribution in [1.29, 1.82) is 0 Å². The van der Waals surface area contributed by atoms with Crippen molar-refractivity contribution in [2.45, 2.75) is 52.2 Å². The summed E-state index contributed by atoms with van der Waals surface area (Å²) in [6.45, 7) is 6.51. The number of aliphatic carboxylic acids is 1. The fraction of sp³-hybridized carbons (Fsp3) is 0.688. The van der Waals surface area contributed by atoms with Crippen LogP contribution in [-0.4, -0.2) is 52.7 Å². The van der Waals surface area contributed by atoms with Crippen LogP contribution in [-0.2, 0) is 16.0 Å². The molecule has 2 atom stereocenters. The van der Waals surface area contributed by atoms with E-state index >= 15 is 0 Å². The van der Waals surface area contributed by atoms with Crippen LogP contribution in [0.1, 0.15) is 47.1 Å². The molecule has 0 aromatic carbocycles. The SMILES string of the molecule is COC1CC(CC(=O)O)N(C(=O)c2sc(C)nc2CC(C)C)C1. The average Bonchev–Trinajstić information content (AvgIpc) is 3.00. The number of carbonyl (C=O) groups is 2. The Kier molecular flexibility index (Phi) is 5.75. The average molecular weight is 340 g/mol. The van der Waals surface area contributed by atoms with E-state index in [9.17, 15) is 9.59 Å². The van der Waals surface area contributed by atoms with Crippen LogP contribution in [0.3, 0.4) is 0 Å². The van der Waals surface area contributed by atoms with Gasteiger partial charge in [0.05, 0.1) is 23.2 Å². The van der Waals surface area contributed by atoms with E-state index in [4.69, 9.17) is 9.84 Å². The van der Waals surface area contributed by atoms with Gasteiger partial charge >= 0.3 is 5.97 Å². The Balaban J connectivity index is 2.25. The van der Waals surface area contributed by atoms with Gasteiger partial charge in [-0.3, -0.25) is 9.59 Å². The zero-order valence-corrected chi connectivity index (χ0v) is 14.9. The Morgan fingerprint density at radius 2 is 2.17 bits per heavy atom. The van der Waals surface area contributed by atoms with Crippen molar-refractivity contribution in [1.82, 2.24) is 9.88 Å². The molecule has 0 aliphatic carbocycles. The molecule has 1 aliphatic heterocycles. The molecule has 1 aromatic heterocycles. The number of likely N-dealkylation sites (tertiary alicyclic amines) is 1. The van der Waals surface area contributed by atoms with Gasteiger partial charge in [0.25, 0.3) is 5.91 Å². The summed E-state index contributed by atoms with van der Waals surface area (Å²) in [6, 6.07) is -0.320. The van der Waals surface area contributed by atoms with Crippen molar-refractivity contribution in [2.24, 2.45) is 5.92 Å². The summed E-state index contributed by atoms with van der Waals surface area (Å²) in [4.78, 5) is 30.8. The maximum Gasteiger partial charge on any atom is 0.305 e. The summed E-state index contributed by atoms with van der Waals surface area (Å²) in [5, 5.41) is 9.95. The highest BCUT2D eigenvalue weighted by molar-refractivity contribution is 7.13. The van der Waals surface area contributed by atoms with Crippen LogP contribution in [0.25, 0.3) is 0 Å². The summed E-state index contributed by atoms with van der Waals surface area (Å²) < 4.78 is 5.34. The first-order valence-electron chi connectivity index (χ1n) is 7.83. The molecule has 0 saturated carbocycles. The fourth-order valence-electron chi connectivity index (χ4n) is 2.98. The predicted molar refractivity (Wildman–Crippen MR) is 87.9 cm³/mol. The molecule has 6 nitrogen and oxygen atoms in total. The minimum atomic E-state index is -0.896. The first-order valence-corrected chi connectivity index (χ1v) is 8.65. The van der Waals surface area contributed by atoms with Crippen LogP contribution in [0.4, 0.5) is 0 Å². The molecule has 1 amide bonds. The van der Waals surface area contributed by atoms with Crippen LogP contribution in [0.15, 0.2) is 0 Å². The number of ether oxygens (including phenoxy) is 1.